The van der Waals surface area contributed by atoms with Crippen LogP contribution in [0.3, 0.4) is 0 Å². The van der Waals surface area contributed by atoms with Gasteiger partial charge in [-0.25, -0.2) is 4.79 Å². The van der Waals surface area contributed by atoms with Crippen LogP contribution in [0.5, 0.6) is 5.75 Å². The third kappa shape index (κ3) is 4.96. The molecule has 40 heavy (non-hydrogen) atoms. The molecular weight excluding hydrogens is 539 g/mol. The number of methoxy groups -OCH3 is 1. The maximum Gasteiger partial charge on any atom is 0.343 e. The fourth-order valence-electron chi connectivity index (χ4n) is 5.49. The van der Waals surface area contributed by atoms with Crippen molar-refractivity contribution in [2.75, 3.05) is 13.7 Å². The van der Waals surface area contributed by atoms with Crippen molar-refractivity contribution >= 4 is 36.5 Å². The van der Waals surface area contributed by atoms with E-state index in [4.69, 9.17) is 13.9 Å². The lowest BCUT2D eigenvalue weighted by molar-refractivity contribution is 0.0449. The Morgan fingerprint density at radius 1 is 1.20 bits per heavy atom. The van der Waals surface area contributed by atoms with Gasteiger partial charge in [0.2, 0.25) is 5.43 Å². The quantitative estimate of drug-likeness (QED) is 0.207. The van der Waals surface area contributed by atoms with Crippen molar-refractivity contribution in [1.82, 2.24) is 4.57 Å². The summed E-state index contributed by atoms with van der Waals surface area (Å²) in [5.41, 5.74) is 2.81. The minimum atomic E-state index is -2.01. The molecule has 0 spiro atoms. The first-order valence-electron chi connectivity index (χ1n) is 14.4. The van der Waals surface area contributed by atoms with Gasteiger partial charge < -0.3 is 18.5 Å². The lowest BCUT2D eigenvalue weighted by atomic mass is 9.74. The van der Waals surface area contributed by atoms with Crippen LogP contribution in [0.25, 0.3) is 21.3 Å². The number of carbonyl (C=O) groups excluding carboxylic acids is 1. The normalized spacial score (nSPS) is 19.0. The molecule has 0 amide bonds. The smallest absolute Gasteiger partial charge is 0.343 e. The lowest BCUT2D eigenvalue weighted by Crippen LogP contribution is -2.45. The molecule has 2 aromatic heterocycles. The molecule has 216 valence electrons. The Bertz CT molecular complexity index is 1520. The van der Waals surface area contributed by atoms with E-state index >= 15 is 0 Å². The zero-order valence-corrected chi connectivity index (χ0v) is 27.2. The van der Waals surface area contributed by atoms with Gasteiger partial charge in [-0.1, -0.05) is 34.6 Å². The van der Waals surface area contributed by atoms with Crippen LogP contribution >= 0.6 is 11.3 Å². The average molecular weight is 582 g/mol. The Kier molecular flexibility index (Phi) is 7.37. The largest absolute Gasteiger partial charge is 0.494 e. The number of benzene rings is 1. The summed E-state index contributed by atoms with van der Waals surface area (Å²) in [7, 11) is -0.344. The van der Waals surface area contributed by atoms with Crippen LogP contribution in [0.4, 0.5) is 0 Å². The van der Waals surface area contributed by atoms with Crippen LogP contribution in [0.15, 0.2) is 29.2 Å². The summed E-state index contributed by atoms with van der Waals surface area (Å²) in [6, 6.07) is 6.36. The summed E-state index contributed by atoms with van der Waals surface area (Å²) < 4.78 is 20.4. The first kappa shape index (κ1) is 29.1. The topological polar surface area (TPSA) is 66.8 Å². The standard InChI is InChI=1S/C32H43NO5SSi/c1-10-37-30(35)23-18-33(19-11-12-19)26-21(27(23)34)14-13-20(28(26)36-7)25-17-22-24(39-25)15-16-32(5,6)29(22)38-40(8,9)31(2,3)4/h13-14,17-19,29H,10-12,15-16H2,1-9H3. The number of nitrogens with zero attached hydrogens (tertiary/aromatic N) is 1. The van der Waals surface area contributed by atoms with Gasteiger partial charge in [0.15, 0.2) is 14.1 Å². The Morgan fingerprint density at radius 2 is 1.90 bits per heavy atom. The number of rotatable bonds is 7. The van der Waals surface area contributed by atoms with Crippen molar-refractivity contribution in [2.45, 2.75) is 97.5 Å². The third-order valence-corrected chi connectivity index (χ3v) is 14.8. The Hall–Kier alpha value is -2.42. The van der Waals surface area contributed by atoms with E-state index in [0.29, 0.717) is 11.1 Å². The minimum Gasteiger partial charge on any atom is -0.494 e. The van der Waals surface area contributed by atoms with Gasteiger partial charge in [-0.05, 0) is 79.9 Å². The predicted octanol–water partition coefficient (Wildman–Crippen LogP) is 8.29. The van der Waals surface area contributed by atoms with Crippen molar-refractivity contribution in [3.05, 3.63) is 50.6 Å². The summed E-state index contributed by atoms with van der Waals surface area (Å²) in [6.07, 6.45) is 5.82. The second-order valence-electron chi connectivity index (χ2n) is 13.5. The van der Waals surface area contributed by atoms with E-state index in [1.54, 1.807) is 20.2 Å². The highest BCUT2D eigenvalue weighted by Gasteiger charge is 2.46. The van der Waals surface area contributed by atoms with E-state index in [2.05, 4.69) is 58.3 Å². The molecule has 5 rings (SSSR count). The lowest BCUT2D eigenvalue weighted by Gasteiger charge is -2.46. The summed E-state index contributed by atoms with van der Waals surface area (Å²) >= 11 is 1.81. The Balaban J connectivity index is 1.66. The molecular formula is C32H43NO5SSi. The fourth-order valence-corrected chi connectivity index (χ4v) is 8.09. The summed E-state index contributed by atoms with van der Waals surface area (Å²) in [5.74, 6) is 0.102. The summed E-state index contributed by atoms with van der Waals surface area (Å²) in [5, 5.41) is 0.607. The third-order valence-electron chi connectivity index (χ3n) is 9.10. The maximum atomic E-state index is 13.5. The van der Waals surface area contributed by atoms with Crippen molar-refractivity contribution < 1.29 is 18.7 Å². The number of aryl methyl sites for hydroxylation is 1. The van der Waals surface area contributed by atoms with Crippen LogP contribution in [-0.4, -0.2) is 32.6 Å². The molecule has 1 atom stereocenters. The maximum absolute atomic E-state index is 13.5. The highest BCUT2D eigenvalue weighted by atomic mass is 32.1. The zero-order chi connectivity index (χ0) is 29.2. The van der Waals surface area contributed by atoms with Crippen LogP contribution in [0, 0.1) is 5.41 Å². The average Bonchev–Trinajstić information content (AvgIpc) is 3.63. The van der Waals surface area contributed by atoms with Gasteiger partial charge in [0.25, 0.3) is 0 Å². The van der Waals surface area contributed by atoms with Gasteiger partial charge in [0.1, 0.15) is 5.56 Å². The van der Waals surface area contributed by atoms with Crippen LogP contribution in [-0.2, 0) is 15.6 Å². The molecule has 1 saturated carbocycles. The van der Waals surface area contributed by atoms with Crippen molar-refractivity contribution in [3.8, 4) is 16.2 Å². The number of ether oxygens (including phenoxy) is 2. The van der Waals surface area contributed by atoms with E-state index in [1.807, 2.05) is 23.5 Å². The molecule has 0 saturated heterocycles. The number of esters is 1. The molecule has 0 N–H and O–H groups in total. The van der Waals surface area contributed by atoms with Gasteiger partial charge in [0, 0.05) is 27.6 Å². The molecule has 1 aromatic carbocycles. The summed E-state index contributed by atoms with van der Waals surface area (Å²) in [4.78, 5) is 28.6. The number of hydrogen-bond donors (Lipinski definition) is 0. The highest BCUT2D eigenvalue weighted by molar-refractivity contribution is 7.15. The molecule has 0 radical (unpaired) electrons. The van der Waals surface area contributed by atoms with Gasteiger partial charge >= 0.3 is 5.97 Å². The van der Waals surface area contributed by atoms with Gasteiger partial charge in [-0.2, -0.15) is 0 Å². The first-order valence-corrected chi connectivity index (χ1v) is 18.2. The molecule has 8 heteroatoms. The molecule has 0 aliphatic heterocycles. The van der Waals surface area contributed by atoms with Crippen LogP contribution in [0.2, 0.25) is 18.1 Å². The number of fused-ring (bicyclic) bond motifs is 2. The Morgan fingerprint density at radius 3 is 2.50 bits per heavy atom. The highest BCUT2D eigenvalue weighted by Crippen LogP contribution is 2.54. The molecule has 2 aliphatic rings. The van der Waals surface area contributed by atoms with E-state index in [1.165, 1.54) is 10.4 Å². The van der Waals surface area contributed by atoms with Crippen LogP contribution in [0.1, 0.15) is 93.7 Å². The van der Waals surface area contributed by atoms with E-state index < -0.39 is 14.3 Å². The van der Waals surface area contributed by atoms with E-state index in [-0.39, 0.29) is 40.2 Å². The van der Waals surface area contributed by atoms with Crippen molar-refractivity contribution in [2.24, 2.45) is 5.41 Å². The van der Waals surface area contributed by atoms with Gasteiger partial charge in [-0.15, -0.1) is 11.3 Å². The minimum absolute atomic E-state index is 0.0320. The zero-order valence-electron chi connectivity index (χ0n) is 25.4. The molecule has 1 unspecified atom stereocenters. The first-order chi connectivity index (χ1) is 18.7. The molecule has 3 aromatic rings. The molecule has 0 bridgehead atoms. The second kappa shape index (κ2) is 10.1. The van der Waals surface area contributed by atoms with E-state index in [0.717, 1.165) is 41.6 Å². The molecule has 2 aliphatic carbocycles. The number of hydrogen-bond acceptors (Lipinski definition) is 6. The van der Waals surface area contributed by atoms with E-state index in [9.17, 15) is 9.59 Å². The number of carbonyl (C=O) groups is 1. The summed E-state index contributed by atoms with van der Waals surface area (Å²) in [6.45, 7) is 18.2. The number of pyridine rings is 1. The monoisotopic (exact) mass is 581 g/mol. The molecule has 2 heterocycles. The van der Waals surface area contributed by atoms with Gasteiger partial charge in [-0.3, -0.25) is 4.79 Å². The number of aromatic nitrogens is 1. The van der Waals surface area contributed by atoms with Crippen molar-refractivity contribution in [1.29, 1.82) is 0 Å². The predicted molar refractivity (Wildman–Crippen MR) is 165 cm³/mol. The number of thiophene rings is 1. The SMILES string of the molecule is CCOC(=O)c1cn(C2CC2)c2c(OC)c(-c3cc4c(s3)CCC(C)(C)C4O[Si](C)(C)C(C)(C)C)ccc2c1=O. The van der Waals surface area contributed by atoms with Crippen molar-refractivity contribution in [3.63, 3.8) is 0 Å². The van der Waals surface area contributed by atoms with Gasteiger partial charge in [0.05, 0.1) is 30.7 Å². The molecule has 6 nitrogen and oxygen atoms in total. The van der Waals surface area contributed by atoms with Crippen LogP contribution < -0.4 is 10.2 Å². The Labute approximate surface area is 242 Å². The molecule has 1 fully saturated rings. The second-order valence-corrected chi connectivity index (χ2v) is 19.4. The fraction of sp³-hybridized carbons (Fsp3) is 0.562.